The van der Waals surface area contributed by atoms with Crippen LogP contribution >= 0.6 is 11.3 Å². The molecule has 33 heavy (non-hydrogen) atoms. The zero-order valence-electron chi connectivity index (χ0n) is 19.4. The van der Waals surface area contributed by atoms with Gasteiger partial charge in [-0.3, -0.25) is 14.5 Å². The molecule has 0 saturated carbocycles. The Bertz CT molecular complexity index is 912. The van der Waals surface area contributed by atoms with Crippen molar-refractivity contribution >= 4 is 23.2 Å². The first-order valence-corrected chi connectivity index (χ1v) is 12.7. The lowest BCUT2D eigenvalue weighted by atomic mass is 10.1. The molecule has 1 aromatic carbocycles. The molecule has 1 aromatic heterocycles. The van der Waals surface area contributed by atoms with Gasteiger partial charge in [-0.25, -0.2) is 0 Å². The summed E-state index contributed by atoms with van der Waals surface area (Å²) in [6.45, 7) is 6.53. The van der Waals surface area contributed by atoms with Crippen LogP contribution in [0.15, 0.2) is 41.1 Å². The number of nitrogens with zero attached hydrogens (tertiary/aromatic N) is 3. The number of benzene rings is 1. The first-order chi connectivity index (χ1) is 16.0. The van der Waals surface area contributed by atoms with E-state index in [-0.39, 0.29) is 17.9 Å². The van der Waals surface area contributed by atoms with Crippen molar-refractivity contribution in [1.29, 1.82) is 0 Å². The standard InChI is InChI=1S/C25H34N4O3S/c1-27(18-22-5-6-24(30)26-22)17-20-3-2-4-23(15-20)32-13-12-28-8-10-29(11-9-28)25(31)16-21-7-14-33-19-21/h2-4,7,14-15,19,22H,5-6,8-13,16-18H2,1H3,(H,26,30). The Hall–Kier alpha value is -2.42. The Labute approximate surface area is 200 Å². The monoisotopic (exact) mass is 470 g/mol. The van der Waals surface area contributed by atoms with E-state index in [0.717, 1.165) is 63.5 Å². The highest BCUT2D eigenvalue weighted by atomic mass is 32.1. The van der Waals surface area contributed by atoms with Crippen molar-refractivity contribution in [1.82, 2.24) is 20.0 Å². The van der Waals surface area contributed by atoms with Crippen LogP contribution in [0.4, 0.5) is 0 Å². The van der Waals surface area contributed by atoms with Crippen molar-refractivity contribution in [3.8, 4) is 5.75 Å². The lowest BCUT2D eigenvalue weighted by Gasteiger charge is -2.34. The number of thiophene rings is 1. The number of hydrogen-bond acceptors (Lipinski definition) is 6. The number of carbonyl (C=O) groups excluding carboxylic acids is 2. The van der Waals surface area contributed by atoms with Gasteiger partial charge in [-0.05, 0) is 53.6 Å². The third kappa shape index (κ3) is 7.28. The van der Waals surface area contributed by atoms with Crippen LogP contribution < -0.4 is 10.1 Å². The van der Waals surface area contributed by atoms with Gasteiger partial charge in [-0.15, -0.1) is 0 Å². The molecule has 2 saturated heterocycles. The van der Waals surface area contributed by atoms with Gasteiger partial charge in [-0.1, -0.05) is 12.1 Å². The summed E-state index contributed by atoms with van der Waals surface area (Å²) in [6.07, 6.45) is 2.07. The molecule has 178 valence electrons. The lowest BCUT2D eigenvalue weighted by molar-refractivity contribution is -0.132. The molecule has 7 nitrogen and oxygen atoms in total. The number of carbonyl (C=O) groups is 2. The minimum atomic E-state index is 0.162. The summed E-state index contributed by atoms with van der Waals surface area (Å²) in [6, 6.07) is 10.5. The summed E-state index contributed by atoms with van der Waals surface area (Å²) in [5.74, 6) is 1.27. The van der Waals surface area contributed by atoms with Gasteiger partial charge in [0, 0.05) is 58.3 Å². The first kappa shape index (κ1) is 23.7. The number of hydrogen-bond donors (Lipinski definition) is 1. The number of likely N-dealkylation sites (N-methyl/N-ethyl adjacent to an activating group) is 1. The van der Waals surface area contributed by atoms with Gasteiger partial charge in [0.15, 0.2) is 0 Å². The smallest absolute Gasteiger partial charge is 0.227 e. The molecule has 0 aliphatic carbocycles. The molecule has 3 heterocycles. The minimum absolute atomic E-state index is 0.162. The van der Waals surface area contributed by atoms with E-state index in [9.17, 15) is 9.59 Å². The molecule has 0 radical (unpaired) electrons. The van der Waals surface area contributed by atoms with E-state index in [0.29, 0.717) is 19.4 Å². The maximum Gasteiger partial charge on any atom is 0.227 e. The average Bonchev–Trinajstić information content (AvgIpc) is 3.46. The first-order valence-electron chi connectivity index (χ1n) is 11.8. The molecule has 2 amide bonds. The Morgan fingerprint density at radius 3 is 2.79 bits per heavy atom. The van der Waals surface area contributed by atoms with E-state index in [1.54, 1.807) is 11.3 Å². The summed E-state index contributed by atoms with van der Waals surface area (Å²) in [4.78, 5) is 30.4. The van der Waals surface area contributed by atoms with Crippen molar-refractivity contribution in [2.75, 3.05) is 52.9 Å². The molecule has 0 spiro atoms. The normalized spacial score (nSPS) is 19.2. The summed E-state index contributed by atoms with van der Waals surface area (Å²) in [5, 5.41) is 7.10. The predicted molar refractivity (Wildman–Crippen MR) is 130 cm³/mol. The molecule has 2 aliphatic rings. The molecule has 2 aliphatic heterocycles. The maximum absolute atomic E-state index is 12.5. The van der Waals surface area contributed by atoms with Gasteiger partial charge in [0.05, 0.1) is 6.42 Å². The number of amides is 2. The van der Waals surface area contributed by atoms with Gasteiger partial charge >= 0.3 is 0 Å². The molecule has 2 fully saturated rings. The Balaban J connectivity index is 1.14. The predicted octanol–water partition coefficient (Wildman–Crippen LogP) is 2.22. The fourth-order valence-electron chi connectivity index (χ4n) is 4.49. The molecule has 8 heteroatoms. The van der Waals surface area contributed by atoms with Gasteiger partial charge < -0.3 is 19.9 Å². The fourth-order valence-corrected chi connectivity index (χ4v) is 5.16. The second-order valence-electron chi connectivity index (χ2n) is 9.03. The molecule has 2 aromatic rings. The average molecular weight is 471 g/mol. The van der Waals surface area contributed by atoms with Gasteiger partial charge in [0.2, 0.25) is 11.8 Å². The summed E-state index contributed by atoms with van der Waals surface area (Å²) >= 11 is 1.64. The number of nitrogens with one attached hydrogen (secondary N) is 1. The Kier molecular flexibility index (Phi) is 8.36. The van der Waals surface area contributed by atoms with Crippen LogP contribution in [0.3, 0.4) is 0 Å². The highest BCUT2D eigenvalue weighted by molar-refractivity contribution is 7.08. The second kappa shape index (κ2) is 11.6. The number of ether oxygens (including phenoxy) is 1. The van der Waals surface area contributed by atoms with E-state index in [2.05, 4.69) is 34.3 Å². The zero-order valence-corrected chi connectivity index (χ0v) is 20.2. The van der Waals surface area contributed by atoms with E-state index in [4.69, 9.17) is 4.74 Å². The van der Waals surface area contributed by atoms with Crippen LogP contribution in [0.25, 0.3) is 0 Å². The minimum Gasteiger partial charge on any atom is -0.492 e. The Morgan fingerprint density at radius 2 is 2.06 bits per heavy atom. The van der Waals surface area contributed by atoms with Crippen molar-refractivity contribution < 1.29 is 14.3 Å². The van der Waals surface area contributed by atoms with Crippen LogP contribution in [0.1, 0.15) is 24.0 Å². The quantitative estimate of drug-likeness (QED) is 0.577. The van der Waals surface area contributed by atoms with Crippen LogP contribution in [-0.4, -0.2) is 85.5 Å². The summed E-state index contributed by atoms with van der Waals surface area (Å²) < 4.78 is 6.03. The molecular formula is C25H34N4O3S. The lowest BCUT2D eigenvalue weighted by Crippen LogP contribution is -2.49. The third-order valence-electron chi connectivity index (χ3n) is 6.30. The van der Waals surface area contributed by atoms with Crippen molar-refractivity contribution in [3.63, 3.8) is 0 Å². The molecule has 4 rings (SSSR count). The van der Waals surface area contributed by atoms with E-state index in [1.165, 1.54) is 5.56 Å². The molecule has 1 unspecified atom stereocenters. The van der Waals surface area contributed by atoms with Crippen LogP contribution in [0, 0.1) is 0 Å². The molecular weight excluding hydrogens is 436 g/mol. The van der Waals surface area contributed by atoms with Gasteiger partial charge in [0.1, 0.15) is 12.4 Å². The van der Waals surface area contributed by atoms with Crippen LogP contribution in [-0.2, 0) is 22.6 Å². The molecule has 1 N–H and O–H groups in total. The summed E-state index contributed by atoms with van der Waals surface area (Å²) in [7, 11) is 2.09. The number of piperazine rings is 1. The van der Waals surface area contributed by atoms with Crippen LogP contribution in [0.5, 0.6) is 5.75 Å². The SMILES string of the molecule is CN(Cc1cccc(OCCN2CCN(C(=O)Cc3ccsc3)CC2)c1)CC1CCC(=O)N1. The molecule has 0 bridgehead atoms. The molecule has 1 atom stereocenters. The summed E-state index contributed by atoms with van der Waals surface area (Å²) in [5.41, 5.74) is 2.32. The fraction of sp³-hybridized carbons (Fsp3) is 0.520. The highest BCUT2D eigenvalue weighted by Gasteiger charge is 2.22. The van der Waals surface area contributed by atoms with Crippen LogP contribution in [0.2, 0.25) is 0 Å². The second-order valence-corrected chi connectivity index (χ2v) is 9.81. The van der Waals surface area contributed by atoms with Crippen molar-refractivity contribution in [2.45, 2.75) is 31.8 Å². The maximum atomic E-state index is 12.5. The third-order valence-corrected chi connectivity index (χ3v) is 7.04. The van der Waals surface area contributed by atoms with E-state index < -0.39 is 0 Å². The van der Waals surface area contributed by atoms with Crippen molar-refractivity contribution in [2.24, 2.45) is 0 Å². The zero-order chi connectivity index (χ0) is 23.0. The topological polar surface area (TPSA) is 65.1 Å². The highest BCUT2D eigenvalue weighted by Crippen LogP contribution is 2.16. The van der Waals surface area contributed by atoms with E-state index >= 15 is 0 Å². The van der Waals surface area contributed by atoms with Crippen molar-refractivity contribution in [3.05, 3.63) is 52.2 Å². The largest absolute Gasteiger partial charge is 0.492 e. The number of rotatable bonds is 10. The van der Waals surface area contributed by atoms with E-state index in [1.807, 2.05) is 33.9 Å². The van der Waals surface area contributed by atoms with Gasteiger partial charge in [-0.2, -0.15) is 11.3 Å². The van der Waals surface area contributed by atoms with Gasteiger partial charge in [0.25, 0.3) is 0 Å². The Morgan fingerprint density at radius 1 is 1.21 bits per heavy atom.